The minimum absolute atomic E-state index is 0.0554. The smallest absolute Gasteiger partial charge is 0.330 e. The Morgan fingerprint density at radius 1 is 1.30 bits per heavy atom. The van der Waals surface area contributed by atoms with Crippen LogP contribution < -0.4 is 4.90 Å². The molecule has 0 N–H and O–H groups in total. The van der Waals surface area contributed by atoms with Crippen molar-refractivity contribution in [3.8, 4) is 11.4 Å². The summed E-state index contributed by atoms with van der Waals surface area (Å²) in [4.78, 5) is 29.0. The third kappa shape index (κ3) is 5.05. The SMILES string of the molecule is COC(=O)/C=C/c1ccc(N2CCC[C@H](c3nc(-c4ccc(F)cc4)no3)C2)c([N+](=O)[O-])c1. The maximum atomic E-state index is 13.2. The molecule has 4 rings (SSSR count). The minimum Gasteiger partial charge on any atom is -0.466 e. The van der Waals surface area contributed by atoms with E-state index in [4.69, 9.17) is 4.52 Å². The molecule has 1 aromatic heterocycles. The molecule has 0 amide bonds. The molecule has 1 aliphatic heterocycles. The monoisotopic (exact) mass is 452 g/mol. The Labute approximate surface area is 188 Å². The van der Waals surface area contributed by atoms with Crippen LogP contribution in [-0.2, 0) is 9.53 Å². The van der Waals surface area contributed by atoms with E-state index in [1.165, 1.54) is 37.5 Å². The van der Waals surface area contributed by atoms with Crippen molar-refractivity contribution in [2.45, 2.75) is 18.8 Å². The number of aromatic nitrogens is 2. The van der Waals surface area contributed by atoms with E-state index in [0.717, 1.165) is 12.8 Å². The second kappa shape index (κ2) is 9.60. The summed E-state index contributed by atoms with van der Waals surface area (Å²) in [5.74, 6) is -0.174. The molecule has 10 heteroatoms. The van der Waals surface area contributed by atoms with Crippen molar-refractivity contribution in [1.29, 1.82) is 0 Å². The van der Waals surface area contributed by atoms with Crippen LogP contribution in [0, 0.1) is 15.9 Å². The zero-order valence-corrected chi connectivity index (χ0v) is 17.8. The number of halogens is 1. The van der Waals surface area contributed by atoms with E-state index >= 15 is 0 Å². The summed E-state index contributed by atoms with van der Waals surface area (Å²) >= 11 is 0. The number of esters is 1. The molecule has 0 bridgehead atoms. The molecule has 0 spiro atoms. The molecule has 1 fully saturated rings. The molecule has 0 unspecified atom stereocenters. The highest BCUT2D eigenvalue weighted by Crippen LogP contribution is 2.35. The molecule has 2 heterocycles. The number of hydrogen-bond donors (Lipinski definition) is 0. The summed E-state index contributed by atoms with van der Waals surface area (Å²) in [6.07, 6.45) is 4.27. The van der Waals surface area contributed by atoms with E-state index in [-0.39, 0.29) is 17.4 Å². The number of benzene rings is 2. The molecule has 9 nitrogen and oxygen atoms in total. The number of nitrogens with zero attached hydrogens (tertiary/aromatic N) is 4. The molecule has 0 radical (unpaired) electrons. The normalized spacial score (nSPS) is 16.2. The Kier molecular flexibility index (Phi) is 6.43. The number of methoxy groups -OCH3 is 1. The van der Waals surface area contributed by atoms with E-state index < -0.39 is 10.9 Å². The molecule has 2 aromatic carbocycles. The lowest BCUT2D eigenvalue weighted by Gasteiger charge is -2.32. The van der Waals surface area contributed by atoms with E-state index in [1.807, 2.05) is 4.90 Å². The van der Waals surface area contributed by atoms with Crippen molar-refractivity contribution in [2.75, 3.05) is 25.1 Å². The average Bonchev–Trinajstić information content (AvgIpc) is 3.33. The van der Waals surface area contributed by atoms with Crippen molar-refractivity contribution in [3.63, 3.8) is 0 Å². The molecule has 170 valence electrons. The van der Waals surface area contributed by atoms with Gasteiger partial charge in [0.2, 0.25) is 11.7 Å². The van der Waals surface area contributed by atoms with Gasteiger partial charge < -0.3 is 14.2 Å². The molecular weight excluding hydrogens is 431 g/mol. The molecule has 0 aliphatic carbocycles. The van der Waals surface area contributed by atoms with Crippen LogP contribution in [0.3, 0.4) is 0 Å². The van der Waals surface area contributed by atoms with Gasteiger partial charge in [0, 0.05) is 30.8 Å². The summed E-state index contributed by atoms with van der Waals surface area (Å²) in [5.41, 5.74) is 1.59. The zero-order valence-electron chi connectivity index (χ0n) is 17.8. The van der Waals surface area contributed by atoms with Gasteiger partial charge in [0.25, 0.3) is 5.69 Å². The van der Waals surface area contributed by atoms with Crippen LogP contribution in [0.15, 0.2) is 53.1 Å². The largest absolute Gasteiger partial charge is 0.466 e. The fourth-order valence-corrected chi connectivity index (χ4v) is 3.80. The molecule has 3 aromatic rings. The lowest BCUT2D eigenvalue weighted by molar-refractivity contribution is -0.384. The Morgan fingerprint density at radius 3 is 2.82 bits per heavy atom. The molecule has 33 heavy (non-hydrogen) atoms. The van der Waals surface area contributed by atoms with Gasteiger partial charge in [-0.2, -0.15) is 4.98 Å². The first-order valence-corrected chi connectivity index (χ1v) is 10.3. The number of carbonyl (C=O) groups excluding carboxylic acids is 1. The lowest BCUT2D eigenvalue weighted by Crippen LogP contribution is -2.34. The fraction of sp³-hybridized carbons (Fsp3) is 0.261. The lowest BCUT2D eigenvalue weighted by atomic mass is 9.97. The van der Waals surface area contributed by atoms with E-state index in [1.54, 1.807) is 24.3 Å². The molecule has 1 saturated heterocycles. The van der Waals surface area contributed by atoms with Crippen LogP contribution in [0.1, 0.15) is 30.2 Å². The van der Waals surface area contributed by atoms with Crippen molar-refractivity contribution in [2.24, 2.45) is 0 Å². The van der Waals surface area contributed by atoms with Crippen molar-refractivity contribution in [1.82, 2.24) is 10.1 Å². The van der Waals surface area contributed by atoms with Gasteiger partial charge in [0.1, 0.15) is 11.5 Å². The van der Waals surface area contributed by atoms with Gasteiger partial charge in [-0.25, -0.2) is 9.18 Å². The van der Waals surface area contributed by atoms with Crippen LogP contribution in [0.4, 0.5) is 15.8 Å². The number of nitro groups is 1. The summed E-state index contributed by atoms with van der Waals surface area (Å²) in [6, 6.07) is 10.6. The van der Waals surface area contributed by atoms with Crippen LogP contribution >= 0.6 is 0 Å². The van der Waals surface area contributed by atoms with E-state index in [9.17, 15) is 19.3 Å². The van der Waals surface area contributed by atoms with Gasteiger partial charge >= 0.3 is 5.97 Å². The van der Waals surface area contributed by atoms with Gasteiger partial charge in [0.05, 0.1) is 18.0 Å². The quantitative estimate of drug-likeness (QED) is 0.235. The van der Waals surface area contributed by atoms with Gasteiger partial charge in [-0.3, -0.25) is 10.1 Å². The number of piperidine rings is 1. The number of anilines is 1. The third-order valence-electron chi connectivity index (χ3n) is 5.46. The Balaban J connectivity index is 1.55. The number of ether oxygens (including phenoxy) is 1. The summed E-state index contributed by atoms with van der Waals surface area (Å²) in [7, 11) is 1.26. The summed E-state index contributed by atoms with van der Waals surface area (Å²) in [6.45, 7) is 1.12. The van der Waals surface area contributed by atoms with Gasteiger partial charge in [-0.1, -0.05) is 11.2 Å². The highest BCUT2D eigenvalue weighted by molar-refractivity contribution is 5.87. The highest BCUT2D eigenvalue weighted by Gasteiger charge is 2.29. The first-order chi connectivity index (χ1) is 15.9. The molecular formula is C23H21FN4O5. The second-order valence-corrected chi connectivity index (χ2v) is 7.61. The van der Waals surface area contributed by atoms with E-state index in [2.05, 4.69) is 14.9 Å². The predicted molar refractivity (Wildman–Crippen MR) is 118 cm³/mol. The Bertz CT molecular complexity index is 1190. The van der Waals surface area contributed by atoms with E-state index in [0.29, 0.717) is 41.6 Å². The van der Waals surface area contributed by atoms with Gasteiger partial charge in [-0.15, -0.1) is 0 Å². The van der Waals surface area contributed by atoms with Crippen molar-refractivity contribution >= 4 is 23.4 Å². The second-order valence-electron chi connectivity index (χ2n) is 7.61. The Hall–Kier alpha value is -4.08. The van der Waals surface area contributed by atoms with Crippen molar-refractivity contribution < 1.29 is 23.4 Å². The predicted octanol–water partition coefficient (Wildman–Crippen LogP) is 4.35. The summed E-state index contributed by atoms with van der Waals surface area (Å²) in [5, 5.41) is 15.7. The maximum Gasteiger partial charge on any atom is 0.330 e. The number of carbonyl (C=O) groups is 1. The maximum absolute atomic E-state index is 13.2. The van der Waals surface area contributed by atoms with Gasteiger partial charge in [-0.05, 0) is 54.8 Å². The average molecular weight is 452 g/mol. The molecule has 0 saturated carbocycles. The first kappa shape index (κ1) is 22.1. The molecule has 1 atom stereocenters. The van der Waals surface area contributed by atoms with Crippen LogP contribution in [0.25, 0.3) is 17.5 Å². The third-order valence-corrected chi connectivity index (χ3v) is 5.46. The standard InChI is InChI=1S/C23H21FN4O5/c1-32-21(29)11-5-15-4-10-19(20(13-15)28(30)31)27-12-2-3-17(14-27)23-25-22(26-33-23)16-6-8-18(24)9-7-16/h4-11,13,17H,2-3,12,14H2,1H3/b11-5+/t17-/m0/s1. The number of hydrogen-bond acceptors (Lipinski definition) is 8. The topological polar surface area (TPSA) is 112 Å². The van der Waals surface area contributed by atoms with Crippen LogP contribution in [-0.4, -0.2) is 41.2 Å². The Morgan fingerprint density at radius 2 is 2.09 bits per heavy atom. The minimum atomic E-state index is -0.542. The number of rotatable bonds is 6. The van der Waals surface area contributed by atoms with Crippen LogP contribution in [0.2, 0.25) is 0 Å². The number of nitro benzene ring substituents is 1. The summed E-state index contributed by atoms with van der Waals surface area (Å²) < 4.78 is 23.2. The van der Waals surface area contributed by atoms with Crippen LogP contribution in [0.5, 0.6) is 0 Å². The highest BCUT2D eigenvalue weighted by atomic mass is 19.1. The van der Waals surface area contributed by atoms with Crippen molar-refractivity contribution in [3.05, 3.63) is 75.9 Å². The zero-order chi connectivity index (χ0) is 23.4. The van der Waals surface area contributed by atoms with Gasteiger partial charge in [0.15, 0.2) is 0 Å². The fourth-order valence-electron chi connectivity index (χ4n) is 3.80. The molecule has 1 aliphatic rings. The first-order valence-electron chi connectivity index (χ1n) is 10.3.